The summed E-state index contributed by atoms with van der Waals surface area (Å²) in [6.45, 7) is -0.00414. The lowest BCUT2D eigenvalue weighted by atomic mass is 10.1. The smallest absolute Gasteiger partial charge is 0.253 e. The summed E-state index contributed by atoms with van der Waals surface area (Å²) in [6.07, 6.45) is 0. The molecule has 0 atom stereocenters. The minimum Gasteiger partial charge on any atom is -0.497 e. The Morgan fingerprint density at radius 2 is 2.13 bits per heavy atom. The Morgan fingerprint density at radius 3 is 2.87 bits per heavy atom. The van der Waals surface area contributed by atoms with Crippen molar-refractivity contribution in [2.24, 2.45) is 0 Å². The number of amides is 2. The normalized spacial score (nSPS) is 14.7. The molecule has 5 heteroatoms. The zero-order valence-electron chi connectivity index (χ0n) is 8.16. The topological polar surface area (TPSA) is 67.4 Å². The van der Waals surface area contributed by atoms with Crippen molar-refractivity contribution in [2.75, 3.05) is 19.0 Å². The van der Waals surface area contributed by atoms with Crippen LogP contribution in [0.1, 0.15) is 10.4 Å². The second-order valence-corrected chi connectivity index (χ2v) is 3.14. The van der Waals surface area contributed by atoms with Crippen LogP contribution >= 0.6 is 0 Å². The van der Waals surface area contributed by atoms with Gasteiger partial charge in [0.2, 0.25) is 5.91 Å². The number of fused-ring (bicyclic) bond motifs is 1. The van der Waals surface area contributed by atoms with Gasteiger partial charge in [0.1, 0.15) is 5.75 Å². The molecule has 5 nitrogen and oxygen atoms in total. The van der Waals surface area contributed by atoms with Crippen molar-refractivity contribution in [1.29, 1.82) is 0 Å². The molecule has 1 aliphatic rings. The van der Waals surface area contributed by atoms with Gasteiger partial charge in [-0.3, -0.25) is 9.59 Å². The van der Waals surface area contributed by atoms with Crippen LogP contribution in [0.3, 0.4) is 0 Å². The molecule has 0 radical (unpaired) electrons. The van der Waals surface area contributed by atoms with Gasteiger partial charge in [0, 0.05) is 6.07 Å². The monoisotopic (exact) mass is 206 g/mol. The van der Waals surface area contributed by atoms with Crippen LogP contribution in [0.15, 0.2) is 18.2 Å². The first kappa shape index (κ1) is 9.51. The highest BCUT2D eigenvalue weighted by Gasteiger charge is 2.18. The van der Waals surface area contributed by atoms with Crippen molar-refractivity contribution in [3.05, 3.63) is 23.8 Å². The van der Waals surface area contributed by atoms with Gasteiger partial charge in [0.25, 0.3) is 5.91 Å². The first-order valence-electron chi connectivity index (χ1n) is 4.47. The molecule has 0 aromatic heterocycles. The van der Waals surface area contributed by atoms with Gasteiger partial charge in [-0.1, -0.05) is 0 Å². The van der Waals surface area contributed by atoms with Crippen molar-refractivity contribution in [3.63, 3.8) is 0 Å². The molecule has 1 aliphatic heterocycles. The van der Waals surface area contributed by atoms with Gasteiger partial charge < -0.3 is 15.4 Å². The number of hydrogen-bond acceptors (Lipinski definition) is 3. The highest BCUT2D eigenvalue weighted by Crippen LogP contribution is 2.23. The molecule has 1 heterocycles. The van der Waals surface area contributed by atoms with Gasteiger partial charge >= 0.3 is 0 Å². The second kappa shape index (κ2) is 3.61. The van der Waals surface area contributed by atoms with E-state index in [1.54, 1.807) is 18.2 Å². The number of anilines is 1. The van der Waals surface area contributed by atoms with Crippen LogP contribution in [0.25, 0.3) is 0 Å². The lowest BCUT2D eigenvalue weighted by Crippen LogP contribution is -2.28. The molecule has 0 saturated heterocycles. The van der Waals surface area contributed by atoms with E-state index in [1.165, 1.54) is 7.11 Å². The van der Waals surface area contributed by atoms with E-state index in [0.717, 1.165) is 0 Å². The summed E-state index contributed by atoms with van der Waals surface area (Å²) in [4.78, 5) is 22.7. The molecule has 0 bridgehead atoms. The molecule has 15 heavy (non-hydrogen) atoms. The lowest BCUT2D eigenvalue weighted by molar-refractivity contribution is -0.115. The quantitative estimate of drug-likeness (QED) is 0.697. The third-order valence-electron chi connectivity index (χ3n) is 2.15. The van der Waals surface area contributed by atoms with E-state index in [2.05, 4.69) is 10.6 Å². The summed E-state index contributed by atoms with van der Waals surface area (Å²) < 4.78 is 5.01. The average molecular weight is 206 g/mol. The molecule has 2 N–H and O–H groups in total. The maximum atomic E-state index is 11.5. The van der Waals surface area contributed by atoms with Crippen molar-refractivity contribution >= 4 is 17.5 Å². The zero-order valence-corrected chi connectivity index (χ0v) is 8.16. The predicted octanol–water partition coefficient (Wildman–Crippen LogP) is 0.377. The van der Waals surface area contributed by atoms with E-state index < -0.39 is 0 Å². The largest absolute Gasteiger partial charge is 0.497 e. The van der Waals surface area contributed by atoms with Gasteiger partial charge in [-0.25, -0.2) is 0 Å². The summed E-state index contributed by atoms with van der Waals surface area (Å²) >= 11 is 0. The number of benzene rings is 1. The number of carbonyl (C=O) groups is 2. The number of ether oxygens (including phenoxy) is 1. The SMILES string of the molecule is COc1ccc2c(c1)NC(=O)CNC2=O. The number of carbonyl (C=O) groups excluding carboxylic acids is 2. The van der Waals surface area contributed by atoms with Crippen molar-refractivity contribution in [3.8, 4) is 5.75 Å². The molecular formula is C10H10N2O3. The maximum absolute atomic E-state index is 11.5. The molecule has 1 aromatic carbocycles. The van der Waals surface area contributed by atoms with Gasteiger partial charge in [-0.2, -0.15) is 0 Å². The van der Waals surface area contributed by atoms with Crippen LogP contribution in [0.2, 0.25) is 0 Å². The third-order valence-corrected chi connectivity index (χ3v) is 2.15. The van der Waals surface area contributed by atoms with Crippen LogP contribution in [0.5, 0.6) is 5.75 Å². The molecule has 0 aliphatic carbocycles. The van der Waals surface area contributed by atoms with Crippen molar-refractivity contribution in [2.45, 2.75) is 0 Å². The summed E-state index contributed by atoms with van der Waals surface area (Å²) in [7, 11) is 1.53. The summed E-state index contributed by atoms with van der Waals surface area (Å²) in [5.74, 6) is 0.102. The van der Waals surface area contributed by atoms with Gasteiger partial charge in [0.05, 0.1) is 24.9 Å². The lowest BCUT2D eigenvalue weighted by Gasteiger charge is -2.06. The van der Waals surface area contributed by atoms with E-state index >= 15 is 0 Å². The molecule has 0 unspecified atom stereocenters. The highest BCUT2D eigenvalue weighted by molar-refractivity contribution is 6.08. The summed E-state index contributed by atoms with van der Waals surface area (Å²) in [5, 5.41) is 5.12. The predicted molar refractivity (Wildman–Crippen MR) is 54.0 cm³/mol. The Labute approximate surface area is 86.4 Å². The first-order chi connectivity index (χ1) is 7.20. The molecule has 1 aromatic rings. The van der Waals surface area contributed by atoms with Crippen LogP contribution in [-0.2, 0) is 4.79 Å². The van der Waals surface area contributed by atoms with Crippen LogP contribution < -0.4 is 15.4 Å². The summed E-state index contributed by atoms with van der Waals surface area (Å²) in [6, 6.07) is 4.92. The van der Waals surface area contributed by atoms with E-state index in [-0.39, 0.29) is 18.4 Å². The number of rotatable bonds is 1. The Balaban J connectivity index is 2.47. The van der Waals surface area contributed by atoms with Crippen LogP contribution in [0.4, 0.5) is 5.69 Å². The molecule has 0 spiro atoms. The molecule has 2 amide bonds. The van der Waals surface area contributed by atoms with Gasteiger partial charge in [-0.15, -0.1) is 0 Å². The molecule has 0 fully saturated rings. The maximum Gasteiger partial charge on any atom is 0.253 e. The summed E-state index contributed by atoms with van der Waals surface area (Å²) in [5.41, 5.74) is 0.927. The fourth-order valence-electron chi connectivity index (χ4n) is 1.40. The van der Waals surface area contributed by atoms with E-state index in [4.69, 9.17) is 4.74 Å². The zero-order chi connectivity index (χ0) is 10.8. The van der Waals surface area contributed by atoms with Crippen LogP contribution in [-0.4, -0.2) is 25.5 Å². The Morgan fingerprint density at radius 1 is 1.33 bits per heavy atom. The minimum absolute atomic E-state index is 0.00414. The molecule has 2 rings (SSSR count). The van der Waals surface area contributed by atoms with E-state index in [9.17, 15) is 9.59 Å². The number of hydrogen-bond donors (Lipinski definition) is 2. The third kappa shape index (κ3) is 1.76. The van der Waals surface area contributed by atoms with Crippen LogP contribution in [0, 0.1) is 0 Å². The molecule has 0 saturated carbocycles. The fourth-order valence-corrected chi connectivity index (χ4v) is 1.40. The van der Waals surface area contributed by atoms with Crippen molar-refractivity contribution in [1.82, 2.24) is 5.32 Å². The van der Waals surface area contributed by atoms with E-state index in [1.807, 2.05) is 0 Å². The number of nitrogens with one attached hydrogen (secondary N) is 2. The molecule has 78 valence electrons. The fraction of sp³-hybridized carbons (Fsp3) is 0.200. The standard InChI is InChI=1S/C10H10N2O3/c1-15-6-2-3-7-8(4-6)12-9(13)5-11-10(7)14/h2-4H,5H2,1H3,(H,11,14)(H,12,13). The second-order valence-electron chi connectivity index (χ2n) is 3.14. The average Bonchev–Trinajstić information content (AvgIpc) is 2.38. The van der Waals surface area contributed by atoms with E-state index in [0.29, 0.717) is 17.0 Å². The Bertz CT molecular complexity index is 429. The minimum atomic E-state index is -0.258. The van der Waals surface area contributed by atoms with Gasteiger partial charge in [0.15, 0.2) is 0 Å². The Hall–Kier alpha value is -2.04. The van der Waals surface area contributed by atoms with Gasteiger partial charge in [-0.05, 0) is 12.1 Å². The Kier molecular flexibility index (Phi) is 2.29. The number of methoxy groups -OCH3 is 1. The highest BCUT2D eigenvalue weighted by atomic mass is 16.5. The first-order valence-corrected chi connectivity index (χ1v) is 4.47. The molecular weight excluding hydrogens is 196 g/mol. The van der Waals surface area contributed by atoms with Crippen molar-refractivity contribution < 1.29 is 14.3 Å².